The Balaban J connectivity index is 4.71. The highest BCUT2D eigenvalue weighted by Gasteiger charge is 2.32. The van der Waals surface area contributed by atoms with E-state index >= 15 is 0 Å². The molecule has 1 amide bonds. The van der Waals surface area contributed by atoms with Gasteiger partial charge in [0.1, 0.15) is 5.60 Å². The lowest BCUT2D eigenvalue weighted by molar-refractivity contribution is -0.156. The predicted molar refractivity (Wildman–Crippen MR) is 66.3 cm³/mol. The van der Waals surface area contributed by atoms with Crippen LogP contribution in [0.4, 0.5) is 0 Å². The first-order chi connectivity index (χ1) is 7.64. The summed E-state index contributed by atoms with van der Waals surface area (Å²) in [5.41, 5.74) is -0.839. The molecule has 2 N–H and O–H groups in total. The molecule has 0 aliphatic rings. The molecule has 0 saturated heterocycles. The third kappa shape index (κ3) is 5.38. The molecule has 0 radical (unpaired) electrons. The van der Waals surface area contributed by atoms with E-state index in [1.54, 1.807) is 34.7 Å². The van der Waals surface area contributed by atoms with Crippen molar-refractivity contribution >= 4 is 12.4 Å². The van der Waals surface area contributed by atoms with Crippen molar-refractivity contribution in [2.75, 3.05) is 7.05 Å². The van der Waals surface area contributed by atoms with Crippen molar-refractivity contribution < 1.29 is 14.3 Å². The van der Waals surface area contributed by atoms with Gasteiger partial charge in [0.15, 0.2) is 0 Å². The largest absolute Gasteiger partial charge is 0.460 e. The van der Waals surface area contributed by atoms with Crippen molar-refractivity contribution in [1.29, 1.82) is 0 Å². The summed E-state index contributed by atoms with van der Waals surface area (Å²) < 4.78 is 5.21. The summed E-state index contributed by atoms with van der Waals surface area (Å²) in [7, 11) is 1.68. The van der Waals surface area contributed by atoms with E-state index in [1.807, 2.05) is 0 Å². The molecule has 0 aromatic carbocycles. The molecule has 0 aliphatic carbocycles. The Kier molecular flexibility index (Phi) is 5.19. The van der Waals surface area contributed by atoms with Crippen molar-refractivity contribution in [3.63, 3.8) is 0 Å². The second-order valence-electron chi connectivity index (χ2n) is 5.09. The van der Waals surface area contributed by atoms with E-state index in [0.717, 1.165) is 0 Å². The van der Waals surface area contributed by atoms with Gasteiger partial charge in [0, 0.05) is 12.7 Å². The maximum Gasteiger partial charge on any atom is 0.309 e. The number of amides is 1. The normalized spacial score (nSPS) is 14.4. The van der Waals surface area contributed by atoms with Gasteiger partial charge in [0.05, 0.1) is 12.0 Å². The van der Waals surface area contributed by atoms with Crippen LogP contribution >= 0.6 is 0 Å². The summed E-state index contributed by atoms with van der Waals surface area (Å²) in [5.74, 6) is -0.384. The summed E-state index contributed by atoms with van der Waals surface area (Å²) in [4.78, 5) is 22.3. The number of hydrogen-bond donors (Lipinski definition) is 2. The lowest BCUT2D eigenvalue weighted by Crippen LogP contribution is -2.48. The van der Waals surface area contributed by atoms with Crippen molar-refractivity contribution in [3.8, 4) is 0 Å². The summed E-state index contributed by atoms with van der Waals surface area (Å²) >= 11 is 0. The van der Waals surface area contributed by atoms with E-state index in [9.17, 15) is 9.59 Å². The second-order valence-corrected chi connectivity index (χ2v) is 5.09. The molecule has 1 unspecified atom stereocenters. The van der Waals surface area contributed by atoms with Gasteiger partial charge in [-0.15, -0.1) is 0 Å². The molecular weight excluding hydrogens is 220 g/mol. The molecule has 17 heavy (non-hydrogen) atoms. The van der Waals surface area contributed by atoms with Crippen LogP contribution < -0.4 is 10.6 Å². The first kappa shape index (κ1) is 15.5. The summed E-state index contributed by atoms with van der Waals surface area (Å²) in [6, 6.07) is 0. The van der Waals surface area contributed by atoms with Gasteiger partial charge in [-0.2, -0.15) is 0 Å². The Bertz CT molecular complexity index is 307. The minimum atomic E-state index is -0.848. The van der Waals surface area contributed by atoms with E-state index in [-0.39, 0.29) is 12.4 Å². The maximum absolute atomic E-state index is 11.7. The van der Waals surface area contributed by atoms with E-state index in [2.05, 4.69) is 17.2 Å². The van der Waals surface area contributed by atoms with Crippen molar-refractivity contribution in [1.82, 2.24) is 10.6 Å². The summed E-state index contributed by atoms with van der Waals surface area (Å²) in [6.07, 6.45) is 0.579. The number of nitrogens with one attached hydrogen (secondary N) is 2. The van der Waals surface area contributed by atoms with Gasteiger partial charge in [0.2, 0.25) is 6.41 Å². The Hall–Kier alpha value is -1.52. The first-order valence-corrected chi connectivity index (χ1v) is 5.45. The summed E-state index contributed by atoms with van der Waals surface area (Å²) in [5, 5.41) is 5.42. The lowest BCUT2D eigenvalue weighted by Gasteiger charge is -2.31. The van der Waals surface area contributed by atoms with Gasteiger partial charge in [-0.05, 0) is 27.7 Å². The third-order valence-corrected chi connectivity index (χ3v) is 2.26. The molecule has 0 saturated carbocycles. The Morgan fingerprint density at radius 3 is 2.24 bits per heavy atom. The molecule has 0 aliphatic heterocycles. The topological polar surface area (TPSA) is 67.4 Å². The number of esters is 1. The fourth-order valence-corrected chi connectivity index (χ4v) is 1.32. The zero-order valence-electron chi connectivity index (χ0n) is 11.2. The highest BCUT2D eigenvalue weighted by Crippen LogP contribution is 2.19. The first-order valence-electron chi connectivity index (χ1n) is 5.45. The number of likely N-dealkylation sites (N-methyl/N-ethyl adjacent to an activating group) is 1. The highest BCUT2D eigenvalue weighted by atomic mass is 16.6. The fourth-order valence-electron chi connectivity index (χ4n) is 1.32. The van der Waals surface area contributed by atoms with Crippen LogP contribution in [-0.4, -0.2) is 30.6 Å². The van der Waals surface area contributed by atoms with Gasteiger partial charge in [0.25, 0.3) is 0 Å². The number of rotatable bonds is 6. The van der Waals surface area contributed by atoms with E-state index in [4.69, 9.17) is 4.74 Å². The molecule has 0 aromatic rings. The van der Waals surface area contributed by atoms with Gasteiger partial charge in [-0.25, -0.2) is 0 Å². The average Bonchev–Trinajstić information content (AvgIpc) is 2.13. The van der Waals surface area contributed by atoms with E-state index in [1.165, 1.54) is 0 Å². The van der Waals surface area contributed by atoms with Gasteiger partial charge in [-0.3, -0.25) is 9.59 Å². The van der Waals surface area contributed by atoms with Crippen LogP contribution in [0.5, 0.6) is 0 Å². The van der Waals surface area contributed by atoms with Gasteiger partial charge < -0.3 is 15.4 Å². The molecule has 0 heterocycles. The SMILES string of the molecule is C=C(NC)C(C)(CC(=O)OC(C)(C)C)NC=O. The van der Waals surface area contributed by atoms with Crippen LogP contribution in [-0.2, 0) is 14.3 Å². The fraction of sp³-hybridized carbons (Fsp3) is 0.667. The monoisotopic (exact) mass is 242 g/mol. The van der Waals surface area contributed by atoms with Gasteiger partial charge >= 0.3 is 5.97 Å². The number of hydrogen-bond acceptors (Lipinski definition) is 4. The summed E-state index contributed by atoms with van der Waals surface area (Å²) in [6.45, 7) is 10.9. The molecule has 0 bridgehead atoms. The number of carbonyl (C=O) groups is 2. The molecular formula is C12H22N2O3. The molecule has 0 spiro atoms. The van der Waals surface area contributed by atoms with E-state index in [0.29, 0.717) is 12.1 Å². The molecule has 0 aromatic heterocycles. The molecule has 5 heteroatoms. The van der Waals surface area contributed by atoms with Crippen LogP contribution in [0.2, 0.25) is 0 Å². The second kappa shape index (κ2) is 5.70. The van der Waals surface area contributed by atoms with Crippen LogP contribution in [0.25, 0.3) is 0 Å². The van der Waals surface area contributed by atoms with Crippen LogP contribution in [0.1, 0.15) is 34.1 Å². The Labute approximate surface area is 103 Å². The average molecular weight is 242 g/mol. The van der Waals surface area contributed by atoms with Crippen LogP contribution in [0, 0.1) is 0 Å². The smallest absolute Gasteiger partial charge is 0.309 e. The van der Waals surface area contributed by atoms with Crippen molar-refractivity contribution in [2.24, 2.45) is 0 Å². The zero-order chi connectivity index (χ0) is 13.7. The Morgan fingerprint density at radius 1 is 1.35 bits per heavy atom. The quantitative estimate of drug-likeness (QED) is 0.537. The van der Waals surface area contributed by atoms with E-state index < -0.39 is 11.1 Å². The van der Waals surface area contributed by atoms with Crippen LogP contribution in [0.3, 0.4) is 0 Å². The Morgan fingerprint density at radius 2 is 1.88 bits per heavy atom. The number of ether oxygens (including phenoxy) is 1. The highest BCUT2D eigenvalue weighted by molar-refractivity contribution is 5.73. The molecule has 5 nitrogen and oxygen atoms in total. The zero-order valence-corrected chi connectivity index (χ0v) is 11.2. The van der Waals surface area contributed by atoms with Gasteiger partial charge in [-0.1, -0.05) is 6.58 Å². The minimum Gasteiger partial charge on any atom is -0.460 e. The minimum absolute atomic E-state index is 0.0304. The lowest BCUT2D eigenvalue weighted by atomic mass is 9.94. The number of carbonyl (C=O) groups excluding carboxylic acids is 2. The third-order valence-electron chi connectivity index (χ3n) is 2.26. The predicted octanol–water partition coefficient (Wildman–Crippen LogP) is 0.956. The molecule has 1 atom stereocenters. The van der Waals surface area contributed by atoms with Crippen LogP contribution in [0.15, 0.2) is 12.3 Å². The molecule has 0 rings (SSSR count). The van der Waals surface area contributed by atoms with Crippen molar-refractivity contribution in [2.45, 2.75) is 45.3 Å². The standard InChI is InChI=1S/C12H22N2O3/c1-9(13-6)12(5,14-8-15)7-10(16)17-11(2,3)4/h8,13H,1,7H2,2-6H3,(H,14,15). The molecule has 98 valence electrons. The molecule has 0 fully saturated rings. The maximum atomic E-state index is 11.7. The van der Waals surface area contributed by atoms with Crippen molar-refractivity contribution in [3.05, 3.63) is 12.3 Å².